The van der Waals surface area contributed by atoms with Crippen LogP contribution in [0, 0.1) is 0 Å². The van der Waals surface area contributed by atoms with E-state index >= 15 is 0 Å². The van der Waals surface area contributed by atoms with Crippen molar-refractivity contribution in [3.63, 3.8) is 0 Å². The Morgan fingerprint density at radius 2 is 1.97 bits per heavy atom. The molecule has 3 rings (SSSR count). The molecular weight excluding hydrogens is 480 g/mol. The Morgan fingerprint density at radius 3 is 2.67 bits per heavy atom. The van der Waals surface area contributed by atoms with E-state index in [9.17, 15) is 4.79 Å². The topological polar surface area (TPSA) is 76.1 Å². The minimum atomic E-state index is -0.476. The molecule has 0 amide bonds. The van der Waals surface area contributed by atoms with E-state index in [-0.39, 0.29) is 12.3 Å². The van der Waals surface area contributed by atoms with Crippen molar-refractivity contribution in [1.82, 2.24) is 4.98 Å². The van der Waals surface area contributed by atoms with Crippen LogP contribution in [0.5, 0.6) is 11.5 Å². The predicted molar refractivity (Wildman–Crippen MR) is 142 cm³/mol. The quantitative estimate of drug-likeness (QED) is 0.208. The van der Waals surface area contributed by atoms with Crippen LogP contribution in [0.2, 0.25) is 0 Å². The first kappa shape index (κ1) is 28.6. The standard InChI is InChI=1S/C27H43N2O6S/c1-27(2,3)35-25(30)12-11-24-28-20-18-22(21(31-6)19-23(20)36-24)32-16-9-13-29(4,5)14-17-34-26-10-7-8-15-33-26/h18-19,26H,7-17H2,1-6H3/q+1. The van der Waals surface area contributed by atoms with Crippen LogP contribution in [0.3, 0.4) is 0 Å². The molecule has 1 aromatic carbocycles. The summed E-state index contributed by atoms with van der Waals surface area (Å²) in [5.74, 6) is 1.18. The second-order valence-corrected chi connectivity index (χ2v) is 12.0. The van der Waals surface area contributed by atoms with Crippen molar-refractivity contribution in [2.24, 2.45) is 0 Å². The predicted octanol–water partition coefficient (Wildman–Crippen LogP) is 4.97. The lowest BCUT2D eigenvalue weighted by Crippen LogP contribution is -2.44. The highest BCUT2D eigenvalue weighted by Crippen LogP contribution is 2.35. The smallest absolute Gasteiger partial charge is 0.306 e. The van der Waals surface area contributed by atoms with E-state index in [2.05, 4.69) is 14.1 Å². The molecule has 1 aliphatic heterocycles. The van der Waals surface area contributed by atoms with Gasteiger partial charge < -0.3 is 28.2 Å². The van der Waals surface area contributed by atoms with Crippen molar-refractivity contribution >= 4 is 27.5 Å². The fourth-order valence-corrected chi connectivity index (χ4v) is 5.00. The molecule has 9 heteroatoms. The summed E-state index contributed by atoms with van der Waals surface area (Å²) in [5.41, 5.74) is 0.379. The molecule has 0 spiro atoms. The van der Waals surface area contributed by atoms with E-state index in [4.69, 9.17) is 28.7 Å². The Labute approximate surface area is 219 Å². The lowest BCUT2D eigenvalue weighted by atomic mass is 10.2. The Bertz CT molecular complexity index is 979. The fourth-order valence-electron chi connectivity index (χ4n) is 4.02. The molecule has 1 unspecified atom stereocenters. The molecule has 8 nitrogen and oxygen atoms in total. The van der Waals surface area contributed by atoms with Crippen LogP contribution in [0.15, 0.2) is 12.1 Å². The first-order chi connectivity index (χ1) is 17.0. The zero-order chi connectivity index (χ0) is 26.2. The normalized spacial score (nSPS) is 16.8. The van der Waals surface area contributed by atoms with Crippen LogP contribution in [0.1, 0.15) is 57.9 Å². The lowest BCUT2D eigenvalue weighted by Gasteiger charge is -2.31. The van der Waals surface area contributed by atoms with Gasteiger partial charge in [0.25, 0.3) is 0 Å². The maximum Gasteiger partial charge on any atom is 0.306 e. The number of quaternary nitrogens is 1. The number of aromatic nitrogens is 1. The summed E-state index contributed by atoms with van der Waals surface area (Å²) in [6.07, 6.45) is 5.05. The number of fused-ring (bicyclic) bond motifs is 1. The van der Waals surface area contributed by atoms with Gasteiger partial charge in [0.2, 0.25) is 0 Å². The van der Waals surface area contributed by atoms with Crippen LogP contribution < -0.4 is 9.47 Å². The Kier molecular flexibility index (Phi) is 10.4. The monoisotopic (exact) mass is 523 g/mol. The van der Waals surface area contributed by atoms with Gasteiger partial charge >= 0.3 is 5.97 Å². The molecule has 2 aromatic rings. The zero-order valence-electron chi connectivity index (χ0n) is 22.8. The second-order valence-electron chi connectivity index (χ2n) is 10.9. The summed E-state index contributed by atoms with van der Waals surface area (Å²) in [5, 5.41) is 0.898. The number of benzene rings is 1. The third-order valence-corrected chi connectivity index (χ3v) is 7.06. The van der Waals surface area contributed by atoms with Gasteiger partial charge in [0.1, 0.15) is 12.1 Å². The molecule has 1 atom stereocenters. The molecule has 1 aliphatic rings. The van der Waals surface area contributed by atoms with E-state index in [1.807, 2.05) is 32.9 Å². The minimum absolute atomic E-state index is 0.0343. The third-order valence-electron chi connectivity index (χ3n) is 5.98. The van der Waals surface area contributed by atoms with Crippen molar-refractivity contribution in [2.75, 3.05) is 54.1 Å². The SMILES string of the molecule is COc1cc2sc(CCC(=O)OC(C)(C)C)nc2cc1OCCC[N+](C)(C)CCOC1CCCCO1. The second kappa shape index (κ2) is 13.0. The Balaban J connectivity index is 1.47. The van der Waals surface area contributed by atoms with Crippen molar-refractivity contribution in [2.45, 2.75) is 71.2 Å². The van der Waals surface area contributed by atoms with Gasteiger partial charge in [-0.15, -0.1) is 11.3 Å². The van der Waals surface area contributed by atoms with Crippen molar-refractivity contribution in [3.8, 4) is 11.5 Å². The molecule has 202 valence electrons. The van der Waals surface area contributed by atoms with E-state index in [1.54, 1.807) is 18.4 Å². The van der Waals surface area contributed by atoms with Crippen molar-refractivity contribution in [1.29, 1.82) is 0 Å². The zero-order valence-corrected chi connectivity index (χ0v) is 23.6. The van der Waals surface area contributed by atoms with Crippen molar-refractivity contribution < 1.29 is 33.0 Å². The van der Waals surface area contributed by atoms with Crippen LogP contribution >= 0.6 is 11.3 Å². The number of hydrogen-bond acceptors (Lipinski definition) is 8. The lowest BCUT2D eigenvalue weighted by molar-refractivity contribution is -0.891. The van der Waals surface area contributed by atoms with Gasteiger partial charge in [0, 0.05) is 31.6 Å². The van der Waals surface area contributed by atoms with Gasteiger partial charge in [-0.25, -0.2) is 4.98 Å². The van der Waals surface area contributed by atoms with Gasteiger partial charge in [0.15, 0.2) is 17.8 Å². The molecule has 0 saturated carbocycles. The Hall–Kier alpha value is -1.94. The third kappa shape index (κ3) is 9.50. The first-order valence-corrected chi connectivity index (χ1v) is 13.7. The number of aryl methyl sites for hydroxylation is 1. The summed E-state index contributed by atoms with van der Waals surface area (Å²) >= 11 is 1.57. The average molecular weight is 524 g/mol. The number of hydrogen-bond donors (Lipinski definition) is 0. The van der Waals surface area contributed by atoms with E-state index in [0.717, 1.165) is 58.7 Å². The average Bonchev–Trinajstić information content (AvgIpc) is 3.21. The summed E-state index contributed by atoms with van der Waals surface area (Å²) in [6.45, 7) is 9.62. The molecule has 0 N–H and O–H groups in total. The van der Waals surface area contributed by atoms with E-state index in [0.29, 0.717) is 37.6 Å². The van der Waals surface area contributed by atoms with Crippen LogP contribution in [0.4, 0.5) is 0 Å². The number of likely N-dealkylation sites (N-methyl/N-ethyl adjacent to an activating group) is 1. The highest BCUT2D eigenvalue weighted by Gasteiger charge is 2.20. The maximum absolute atomic E-state index is 12.1. The number of carbonyl (C=O) groups is 1. The molecule has 1 aromatic heterocycles. The maximum atomic E-state index is 12.1. The van der Waals surface area contributed by atoms with Gasteiger partial charge in [-0.2, -0.15) is 0 Å². The molecular formula is C27H43N2O6S+. The molecule has 0 bridgehead atoms. The van der Waals surface area contributed by atoms with E-state index < -0.39 is 5.60 Å². The van der Waals surface area contributed by atoms with Crippen LogP contribution in [-0.2, 0) is 25.4 Å². The number of ether oxygens (including phenoxy) is 5. The largest absolute Gasteiger partial charge is 0.493 e. The highest BCUT2D eigenvalue weighted by molar-refractivity contribution is 7.18. The number of thiazole rings is 1. The first-order valence-electron chi connectivity index (χ1n) is 12.9. The number of rotatable bonds is 13. The summed E-state index contributed by atoms with van der Waals surface area (Å²) in [7, 11) is 6.08. The molecule has 36 heavy (non-hydrogen) atoms. The van der Waals surface area contributed by atoms with Gasteiger partial charge in [-0.1, -0.05) is 0 Å². The summed E-state index contributed by atoms with van der Waals surface area (Å²) in [4.78, 5) is 16.8. The molecule has 0 aliphatic carbocycles. The van der Waals surface area contributed by atoms with E-state index in [1.165, 1.54) is 6.42 Å². The van der Waals surface area contributed by atoms with Crippen LogP contribution in [-0.4, -0.2) is 81.4 Å². The number of esters is 1. The minimum Gasteiger partial charge on any atom is -0.493 e. The molecule has 1 saturated heterocycles. The molecule has 1 fully saturated rings. The fraction of sp³-hybridized carbons (Fsp3) is 0.704. The van der Waals surface area contributed by atoms with Gasteiger partial charge in [-0.3, -0.25) is 4.79 Å². The van der Waals surface area contributed by atoms with Crippen molar-refractivity contribution in [3.05, 3.63) is 17.1 Å². The highest BCUT2D eigenvalue weighted by atomic mass is 32.1. The van der Waals surface area contributed by atoms with Crippen LogP contribution in [0.25, 0.3) is 10.2 Å². The number of nitrogens with zero attached hydrogens (tertiary/aromatic N) is 2. The molecule has 0 radical (unpaired) electrons. The number of carbonyl (C=O) groups excluding carboxylic acids is 1. The summed E-state index contributed by atoms with van der Waals surface area (Å²) < 4.78 is 30.5. The summed E-state index contributed by atoms with van der Waals surface area (Å²) in [6, 6.07) is 3.89. The van der Waals surface area contributed by atoms with Gasteiger partial charge in [0.05, 0.1) is 62.6 Å². The van der Waals surface area contributed by atoms with Gasteiger partial charge in [-0.05, 0) is 40.0 Å². The Morgan fingerprint density at radius 1 is 1.17 bits per heavy atom. The molecule has 2 heterocycles. The number of methoxy groups -OCH3 is 1.